The molecule has 2 aromatic rings. The van der Waals surface area contributed by atoms with Crippen LogP contribution >= 0.6 is 0 Å². The number of benzene rings is 1. The Morgan fingerprint density at radius 1 is 1.44 bits per heavy atom. The number of ketones is 1. The number of methoxy groups -OCH3 is 1. The first kappa shape index (κ1) is 12.3. The van der Waals surface area contributed by atoms with Crippen molar-refractivity contribution in [2.45, 2.75) is 6.42 Å². The van der Waals surface area contributed by atoms with Crippen LogP contribution in [0.15, 0.2) is 30.5 Å². The molecule has 0 aliphatic heterocycles. The Morgan fingerprint density at radius 3 is 2.78 bits per heavy atom. The van der Waals surface area contributed by atoms with Crippen LogP contribution in [-0.4, -0.2) is 22.7 Å². The zero-order chi connectivity index (χ0) is 13.1. The smallest absolute Gasteiger partial charge is 0.171 e. The average Bonchev–Trinajstić information content (AvgIpc) is 2.74. The molecular weight excluding hydrogens is 235 g/mol. The highest BCUT2D eigenvalue weighted by atomic mass is 19.1. The Labute approximate surface area is 104 Å². The van der Waals surface area contributed by atoms with Crippen LogP contribution in [0.1, 0.15) is 16.1 Å². The molecule has 0 N–H and O–H groups in total. The molecule has 1 heterocycles. The third-order valence-corrected chi connectivity index (χ3v) is 2.59. The van der Waals surface area contributed by atoms with Crippen LogP contribution in [0.25, 0.3) is 0 Å². The van der Waals surface area contributed by atoms with Gasteiger partial charge < -0.3 is 4.74 Å². The fraction of sp³-hybridized carbons (Fsp3) is 0.231. The number of aryl methyl sites for hydroxylation is 1. The van der Waals surface area contributed by atoms with Gasteiger partial charge in [0.2, 0.25) is 0 Å². The number of Topliss-reactive ketones (excluding diaryl/α,β-unsaturated/α-hetero) is 1. The maximum absolute atomic E-state index is 13.7. The molecule has 0 aliphatic carbocycles. The van der Waals surface area contributed by atoms with Gasteiger partial charge >= 0.3 is 0 Å². The molecule has 0 unspecified atom stereocenters. The molecule has 0 amide bonds. The molecule has 94 valence electrons. The van der Waals surface area contributed by atoms with Crippen molar-refractivity contribution < 1.29 is 13.9 Å². The third-order valence-electron chi connectivity index (χ3n) is 2.59. The monoisotopic (exact) mass is 248 g/mol. The quantitative estimate of drug-likeness (QED) is 0.777. The zero-order valence-corrected chi connectivity index (χ0v) is 10.2. The van der Waals surface area contributed by atoms with Crippen molar-refractivity contribution in [3.8, 4) is 5.75 Å². The van der Waals surface area contributed by atoms with E-state index in [0.717, 1.165) is 0 Å². The second kappa shape index (κ2) is 5.00. The summed E-state index contributed by atoms with van der Waals surface area (Å²) in [6, 6.07) is 5.93. The highest BCUT2D eigenvalue weighted by Crippen LogP contribution is 2.17. The topological polar surface area (TPSA) is 44.1 Å². The van der Waals surface area contributed by atoms with E-state index < -0.39 is 5.82 Å². The molecule has 0 aliphatic rings. The minimum atomic E-state index is -0.574. The average molecular weight is 248 g/mol. The van der Waals surface area contributed by atoms with E-state index in [-0.39, 0.29) is 17.8 Å². The van der Waals surface area contributed by atoms with Crippen LogP contribution in [0.2, 0.25) is 0 Å². The highest BCUT2D eigenvalue weighted by Gasteiger charge is 2.14. The van der Waals surface area contributed by atoms with Crippen molar-refractivity contribution in [1.29, 1.82) is 0 Å². The van der Waals surface area contributed by atoms with Gasteiger partial charge in [0, 0.05) is 19.3 Å². The van der Waals surface area contributed by atoms with Gasteiger partial charge in [-0.05, 0) is 18.2 Å². The Bertz CT molecular complexity index is 578. The maximum Gasteiger partial charge on any atom is 0.171 e. The summed E-state index contributed by atoms with van der Waals surface area (Å²) in [5.74, 6) is -0.481. The molecule has 2 rings (SSSR count). The molecule has 0 spiro atoms. The van der Waals surface area contributed by atoms with Gasteiger partial charge in [0.25, 0.3) is 0 Å². The molecule has 0 fully saturated rings. The molecule has 0 radical (unpaired) electrons. The van der Waals surface area contributed by atoms with Gasteiger partial charge in [0.15, 0.2) is 5.78 Å². The summed E-state index contributed by atoms with van der Waals surface area (Å²) >= 11 is 0. The van der Waals surface area contributed by atoms with Crippen molar-refractivity contribution >= 4 is 5.78 Å². The van der Waals surface area contributed by atoms with E-state index in [2.05, 4.69) is 5.10 Å². The summed E-state index contributed by atoms with van der Waals surface area (Å²) in [5, 5.41) is 4.09. The van der Waals surface area contributed by atoms with Crippen LogP contribution in [-0.2, 0) is 13.5 Å². The Morgan fingerprint density at radius 2 is 2.22 bits per heavy atom. The lowest BCUT2D eigenvalue weighted by Gasteiger charge is -2.04. The molecule has 0 atom stereocenters. The van der Waals surface area contributed by atoms with Gasteiger partial charge in [0.1, 0.15) is 11.6 Å². The van der Waals surface area contributed by atoms with E-state index in [1.807, 2.05) is 0 Å². The number of aromatic nitrogens is 2. The number of carbonyl (C=O) groups excluding carboxylic acids is 1. The van der Waals surface area contributed by atoms with Crippen molar-refractivity contribution in [3.05, 3.63) is 47.5 Å². The second-order valence-corrected chi connectivity index (χ2v) is 3.93. The molecule has 0 bridgehead atoms. The first-order valence-corrected chi connectivity index (χ1v) is 5.45. The summed E-state index contributed by atoms with van der Waals surface area (Å²) in [6.45, 7) is 0. The number of hydrogen-bond acceptors (Lipinski definition) is 3. The fourth-order valence-corrected chi connectivity index (χ4v) is 1.67. The summed E-state index contributed by atoms with van der Waals surface area (Å²) in [6.07, 6.45) is 1.83. The van der Waals surface area contributed by atoms with Crippen LogP contribution < -0.4 is 4.74 Å². The summed E-state index contributed by atoms with van der Waals surface area (Å²) in [5.41, 5.74) is 0.680. The van der Waals surface area contributed by atoms with Crippen molar-refractivity contribution in [1.82, 2.24) is 9.78 Å². The van der Waals surface area contributed by atoms with Gasteiger partial charge in [-0.3, -0.25) is 9.48 Å². The molecule has 0 saturated carbocycles. The molecule has 1 aromatic heterocycles. The van der Waals surface area contributed by atoms with Crippen LogP contribution in [0.5, 0.6) is 5.75 Å². The number of carbonyl (C=O) groups is 1. The summed E-state index contributed by atoms with van der Waals surface area (Å²) in [4.78, 5) is 11.9. The molecule has 5 heteroatoms. The lowest BCUT2D eigenvalue weighted by Crippen LogP contribution is -2.07. The van der Waals surface area contributed by atoms with Gasteiger partial charge in [-0.1, -0.05) is 0 Å². The normalized spacial score (nSPS) is 10.4. The van der Waals surface area contributed by atoms with Crippen molar-refractivity contribution in [2.75, 3.05) is 7.11 Å². The predicted molar refractivity (Wildman–Crippen MR) is 64.2 cm³/mol. The first-order valence-electron chi connectivity index (χ1n) is 5.45. The maximum atomic E-state index is 13.7. The lowest BCUT2D eigenvalue weighted by molar-refractivity contribution is 0.0988. The Kier molecular flexibility index (Phi) is 3.41. The van der Waals surface area contributed by atoms with E-state index in [0.29, 0.717) is 11.4 Å². The Hall–Kier alpha value is -2.17. The minimum Gasteiger partial charge on any atom is -0.497 e. The highest BCUT2D eigenvalue weighted by molar-refractivity contribution is 5.97. The number of ether oxygens (including phenoxy) is 1. The standard InChI is InChI=1S/C13H13FN2O2/c1-16-6-5-9(15-16)7-13(17)11-4-3-10(18-2)8-12(11)14/h3-6,8H,7H2,1-2H3. The van der Waals surface area contributed by atoms with Crippen molar-refractivity contribution in [3.63, 3.8) is 0 Å². The van der Waals surface area contributed by atoms with Gasteiger partial charge in [0.05, 0.1) is 24.8 Å². The van der Waals surface area contributed by atoms with Crippen LogP contribution in [0.3, 0.4) is 0 Å². The molecule has 0 saturated heterocycles. The molecular formula is C13H13FN2O2. The first-order chi connectivity index (χ1) is 8.60. The minimum absolute atomic E-state index is 0.0569. The number of nitrogens with zero attached hydrogens (tertiary/aromatic N) is 2. The van der Waals surface area contributed by atoms with Gasteiger partial charge in [-0.2, -0.15) is 5.10 Å². The SMILES string of the molecule is COc1ccc(C(=O)Cc2ccn(C)n2)c(F)c1. The second-order valence-electron chi connectivity index (χ2n) is 3.93. The van der Waals surface area contributed by atoms with Gasteiger partial charge in [-0.15, -0.1) is 0 Å². The van der Waals surface area contributed by atoms with E-state index >= 15 is 0 Å². The third kappa shape index (κ3) is 2.56. The van der Waals surface area contributed by atoms with Crippen LogP contribution in [0, 0.1) is 5.82 Å². The summed E-state index contributed by atoms with van der Waals surface area (Å²) in [7, 11) is 3.21. The van der Waals surface area contributed by atoms with E-state index in [4.69, 9.17) is 4.74 Å². The Balaban J connectivity index is 2.18. The van der Waals surface area contributed by atoms with E-state index in [1.165, 1.54) is 19.2 Å². The molecule has 18 heavy (non-hydrogen) atoms. The van der Waals surface area contributed by atoms with Crippen LogP contribution in [0.4, 0.5) is 4.39 Å². The summed E-state index contributed by atoms with van der Waals surface area (Å²) < 4.78 is 20.2. The van der Waals surface area contributed by atoms with Gasteiger partial charge in [-0.25, -0.2) is 4.39 Å². The molecule has 1 aromatic carbocycles. The number of rotatable bonds is 4. The van der Waals surface area contributed by atoms with E-state index in [1.54, 1.807) is 30.1 Å². The number of hydrogen-bond donors (Lipinski definition) is 0. The fourth-order valence-electron chi connectivity index (χ4n) is 1.67. The number of halogens is 1. The zero-order valence-electron chi connectivity index (χ0n) is 10.2. The largest absolute Gasteiger partial charge is 0.497 e. The van der Waals surface area contributed by atoms with Crippen molar-refractivity contribution in [2.24, 2.45) is 7.05 Å². The van der Waals surface area contributed by atoms with E-state index in [9.17, 15) is 9.18 Å². The predicted octanol–water partition coefficient (Wildman–Crippen LogP) is 1.99. The lowest BCUT2D eigenvalue weighted by atomic mass is 10.1. The molecule has 4 nitrogen and oxygen atoms in total.